The van der Waals surface area contributed by atoms with Crippen LogP contribution >= 0.6 is 0 Å². The highest BCUT2D eigenvalue weighted by atomic mass is 16.7. The van der Waals surface area contributed by atoms with Gasteiger partial charge in [-0.2, -0.15) is 0 Å². The lowest BCUT2D eigenvalue weighted by Gasteiger charge is -2.48. The number of hydrogen-bond donors (Lipinski definition) is 12. The van der Waals surface area contributed by atoms with Crippen LogP contribution in [0.1, 0.15) is 19.8 Å². The Balaban J connectivity index is 1.87. The first-order valence-electron chi connectivity index (χ1n) is 13.0. The van der Waals surface area contributed by atoms with Crippen LogP contribution in [0.3, 0.4) is 0 Å². The van der Waals surface area contributed by atoms with Gasteiger partial charge in [-0.3, -0.25) is 4.79 Å². The molecule has 3 aliphatic rings. The molecule has 0 aromatic rings. The number of carbonyl (C=O) groups excluding carboxylic acids is 1. The Morgan fingerprint density at radius 1 is 0.975 bits per heavy atom. The average Bonchev–Trinajstić information content (AvgIpc) is 3.17. The molecule has 0 aromatic heterocycles. The van der Waals surface area contributed by atoms with E-state index in [2.05, 4.69) is 11.9 Å². The molecule has 3 fully saturated rings. The van der Waals surface area contributed by atoms with E-state index >= 15 is 0 Å². The number of nitrogens with one attached hydrogen (secondary N) is 1. The van der Waals surface area contributed by atoms with E-state index in [1.54, 1.807) is 0 Å². The maximum absolute atomic E-state index is 12.5. The molecular weight excluding hydrogens is 538 g/mol. The smallest absolute Gasteiger partial charge is 0.249 e. The molecule has 1 amide bonds. The van der Waals surface area contributed by atoms with E-state index in [1.807, 2.05) is 0 Å². The number of nitrogens with two attached hydrogens (primary N) is 4. The molecule has 0 aromatic carbocycles. The lowest BCUT2D eigenvalue weighted by molar-refractivity contribution is -0.315. The van der Waals surface area contributed by atoms with Gasteiger partial charge in [-0.1, -0.05) is 6.58 Å². The van der Waals surface area contributed by atoms with Crippen molar-refractivity contribution in [3.63, 3.8) is 0 Å². The van der Waals surface area contributed by atoms with Gasteiger partial charge in [0.2, 0.25) is 5.91 Å². The van der Waals surface area contributed by atoms with Crippen molar-refractivity contribution in [3.05, 3.63) is 12.3 Å². The van der Waals surface area contributed by atoms with Crippen LogP contribution in [0.4, 0.5) is 0 Å². The van der Waals surface area contributed by atoms with Crippen molar-refractivity contribution in [1.82, 2.24) is 5.32 Å². The molecule has 40 heavy (non-hydrogen) atoms. The predicted molar refractivity (Wildman–Crippen MR) is 134 cm³/mol. The van der Waals surface area contributed by atoms with E-state index in [0.717, 1.165) is 0 Å². The summed E-state index contributed by atoms with van der Waals surface area (Å²) in [7, 11) is 0. The molecule has 0 spiro atoms. The summed E-state index contributed by atoms with van der Waals surface area (Å²) in [6.07, 6.45) is -18.9. The molecule has 3 rings (SSSR count). The van der Waals surface area contributed by atoms with E-state index < -0.39 is 104 Å². The molecule has 0 radical (unpaired) electrons. The lowest BCUT2D eigenvalue weighted by atomic mass is 9.83. The number of rotatable bonds is 10. The van der Waals surface area contributed by atoms with Gasteiger partial charge in [0.05, 0.1) is 18.2 Å². The third kappa shape index (κ3) is 6.90. The van der Waals surface area contributed by atoms with Crippen molar-refractivity contribution in [2.24, 2.45) is 22.9 Å². The second-order valence-electron chi connectivity index (χ2n) is 10.5. The Bertz CT molecular complexity index is 872. The van der Waals surface area contributed by atoms with Crippen LogP contribution < -0.4 is 28.3 Å². The van der Waals surface area contributed by atoms with E-state index in [9.17, 15) is 40.5 Å². The second-order valence-corrected chi connectivity index (χ2v) is 10.5. The zero-order valence-corrected chi connectivity index (χ0v) is 22.0. The quantitative estimate of drug-likeness (QED) is 0.114. The van der Waals surface area contributed by atoms with Gasteiger partial charge in [0.15, 0.2) is 12.6 Å². The third-order valence-electron chi connectivity index (χ3n) is 7.42. The van der Waals surface area contributed by atoms with Crippen LogP contribution in [0.15, 0.2) is 12.3 Å². The highest BCUT2D eigenvalue weighted by Gasteiger charge is 2.53. The van der Waals surface area contributed by atoms with Gasteiger partial charge < -0.3 is 82.9 Å². The predicted octanol–water partition coefficient (Wildman–Crippen LogP) is -6.88. The normalized spacial score (nSPS) is 45.6. The largest absolute Gasteiger partial charge is 0.400 e. The summed E-state index contributed by atoms with van der Waals surface area (Å²) < 4.78 is 22.9. The maximum Gasteiger partial charge on any atom is 0.249 e. The van der Waals surface area contributed by atoms with E-state index in [0.29, 0.717) is 0 Å². The van der Waals surface area contributed by atoms with Crippen LogP contribution in [0.2, 0.25) is 0 Å². The van der Waals surface area contributed by atoms with Crippen LogP contribution in [-0.2, 0) is 23.7 Å². The molecule has 1 saturated carbocycles. The average molecular weight is 582 g/mol. The summed E-state index contributed by atoms with van der Waals surface area (Å²) in [5, 5.41) is 75.3. The number of aliphatic hydroxyl groups excluding tert-OH is 7. The molecule has 16 atom stereocenters. The summed E-state index contributed by atoms with van der Waals surface area (Å²) in [5.74, 6) is -0.818. The minimum absolute atomic E-state index is 0.0332. The minimum Gasteiger partial charge on any atom is -0.400 e. The first kappa shape index (κ1) is 33.0. The van der Waals surface area contributed by atoms with Crippen LogP contribution in [0, 0.1) is 0 Å². The van der Waals surface area contributed by atoms with Crippen LogP contribution in [-0.4, -0.2) is 146 Å². The van der Waals surface area contributed by atoms with E-state index in [-0.39, 0.29) is 25.1 Å². The molecule has 16 N–H and O–H groups in total. The number of amides is 1. The summed E-state index contributed by atoms with van der Waals surface area (Å²) >= 11 is 0. The molecule has 1 aliphatic carbocycles. The maximum atomic E-state index is 12.5. The van der Waals surface area contributed by atoms with Crippen molar-refractivity contribution in [1.29, 1.82) is 0 Å². The fraction of sp³-hybridized carbons (Fsp3) is 0.870. The Morgan fingerprint density at radius 2 is 1.60 bits per heavy atom. The fourth-order valence-corrected chi connectivity index (χ4v) is 5.09. The van der Waals surface area contributed by atoms with Gasteiger partial charge in [0.1, 0.15) is 61.0 Å². The molecule has 14 unspecified atom stereocenters. The summed E-state index contributed by atoms with van der Waals surface area (Å²) in [5.41, 5.74) is 23.3. The fourth-order valence-electron chi connectivity index (χ4n) is 5.09. The van der Waals surface area contributed by atoms with Crippen LogP contribution in [0.25, 0.3) is 0 Å². The minimum atomic E-state index is -1.64. The van der Waals surface area contributed by atoms with Crippen molar-refractivity contribution in [2.75, 3.05) is 6.54 Å². The molecule has 17 heteroatoms. The highest BCUT2D eigenvalue weighted by molar-refractivity contribution is 5.80. The third-order valence-corrected chi connectivity index (χ3v) is 7.42. The van der Waals surface area contributed by atoms with Gasteiger partial charge in [-0.25, -0.2) is 0 Å². The lowest BCUT2D eigenvalue weighted by Crippen LogP contribution is -2.69. The summed E-state index contributed by atoms with van der Waals surface area (Å²) in [6, 6.07) is -3.42. The zero-order chi connectivity index (χ0) is 30.0. The van der Waals surface area contributed by atoms with E-state index in [1.165, 1.54) is 6.92 Å². The van der Waals surface area contributed by atoms with Crippen LogP contribution in [0.5, 0.6) is 0 Å². The highest BCUT2D eigenvalue weighted by Crippen LogP contribution is 2.33. The molecular formula is C23H43N5O12. The standard InChI is InChI=1S/C23H43N5O12/c1-6(25)17-15(34)16(35)23(37-17)40-20-12(31)9(28-21(36)10(30)3-4-24)5-8(26)19(20)39-22-11(27)13(32)14(33)18(38-22)7(2)29/h7-20,22-23,29-35H,1,3-5,24-27H2,2H3,(H,28,36)/t7-,8?,9?,10+,11?,12?,13?,14?,15?,16?,17?,18?,19?,20?,22?,23?/m1/s1. The van der Waals surface area contributed by atoms with Crippen molar-refractivity contribution < 1.29 is 59.5 Å². The Labute approximate surface area is 230 Å². The molecule has 232 valence electrons. The first-order valence-corrected chi connectivity index (χ1v) is 13.0. The summed E-state index contributed by atoms with van der Waals surface area (Å²) in [6.45, 7) is 4.86. The van der Waals surface area contributed by atoms with E-state index in [4.69, 9.17) is 41.9 Å². The molecule has 2 aliphatic heterocycles. The Morgan fingerprint density at radius 3 is 2.15 bits per heavy atom. The number of hydrogen-bond acceptors (Lipinski definition) is 16. The Hall–Kier alpha value is -1.55. The topological polar surface area (TPSA) is 312 Å². The molecule has 2 heterocycles. The van der Waals surface area contributed by atoms with Crippen molar-refractivity contribution in [2.45, 2.75) is 118 Å². The monoisotopic (exact) mass is 581 g/mol. The molecule has 2 saturated heterocycles. The van der Waals surface area contributed by atoms with Gasteiger partial charge >= 0.3 is 0 Å². The van der Waals surface area contributed by atoms with Gasteiger partial charge in [0.25, 0.3) is 0 Å². The van der Waals surface area contributed by atoms with Crippen molar-refractivity contribution >= 4 is 5.91 Å². The number of ether oxygens (including phenoxy) is 4. The van der Waals surface area contributed by atoms with Gasteiger partial charge in [0, 0.05) is 11.7 Å². The SMILES string of the molecule is C=C(N)C1OC(OC2C(O)C(NC(=O)[C@@H](O)CCN)CC(N)C2OC2OC([C@@H](C)O)C(O)C(O)C2N)C(O)C1O. The first-order chi connectivity index (χ1) is 18.7. The number of aliphatic hydroxyl groups is 7. The van der Waals surface area contributed by atoms with Gasteiger partial charge in [-0.15, -0.1) is 0 Å². The van der Waals surface area contributed by atoms with Crippen molar-refractivity contribution in [3.8, 4) is 0 Å². The Kier molecular flexibility index (Phi) is 11.2. The molecule has 0 bridgehead atoms. The molecule has 17 nitrogen and oxygen atoms in total. The zero-order valence-electron chi connectivity index (χ0n) is 22.0. The van der Waals surface area contributed by atoms with Gasteiger partial charge in [-0.05, 0) is 26.3 Å². The summed E-state index contributed by atoms with van der Waals surface area (Å²) in [4.78, 5) is 12.5. The second kappa shape index (κ2) is 13.6. The number of carbonyl (C=O) groups is 1.